The van der Waals surface area contributed by atoms with Crippen LogP contribution in [-0.4, -0.2) is 32.7 Å². The number of nitrogens with one attached hydrogen (secondary N) is 2. The van der Waals surface area contributed by atoms with Gasteiger partial charge in [0.05, 0.1) is 11.8 Å². The van der Waals surface area contributed by atoms with E-state index in [2.05, 4.69) is 15.1 Å². The molecule has 1 aromatic heterocycles. The summed E-state index contributed by atoms with van der Waals surface area (Å²) in [6.45, 7) is 0.939. The van der Waals surface area contributed by atoms with Crippen LogP contribution >= 0.6 is 0 Å². The minimum atomic E-state index is -3.69. The molecule has 0 saturated carbocycles. The predicted octanol–water partition coefficient (Wildman–Crippen LogP) is 0.215. The lowest BCUT2D eigenvalue weighted by Crippen LogP contribution is -2.36. The highest BCUT2D eigenvalue weighted by atomic mass is 32.2. The van der Waals surface area contributed by atoms with E-state index in [0.29, 0.717) is 6.61 Å². The molecule has 1 aliphatic heterocycles. The molecular weight excluding hydrogens is 268 g/mol. The van der Waals surface area contributed by atoms with Gasteiger partial charge in [-0.1, -0.05) is 0 Å². The van der Waals surface area contributed by atoms with Crippen molar-refractivity contribution in [3.8, 4) is 0 Å². The van der Waals surface area contributed by atoms with E-state index >= 15 is 0 Å². The highest BCUT2D eigenvalue weighted by molar-refractivity contribution is 7.89. The number of hydrazine groups is 1. The fraction of sp³-hybridized carbons (Fsp3) is 0.545. The van der Waals surface area contributed by atoms with Gasteiger partial charge in [-0.25, -0.2) is 18.1 Å². The van der Waals surface area contributed by atoms with Gasteiger partial charge in [-0.05, 0) is 31.4 Å². The molecule has 1 aromatic rings. The van der Waals surface area contributed by atoms with Crippen molar-refractivity contribution in [2.75, 3.05) is 18.6 Å². The Balaban J connectivity index is 2.05. The third kappa shape index (κ3) is 3.63. The molecule has 106 valence electrons. The normalized spacial score (nSPS) is 20.2. The van der Waals surface area contributed by atoms with Crippen LogP contribution in [0.3, 0.4) is 0 Å². The van der Waals surface area contributed by atoms with E-state index in [0.717, 1.165) is 19.3 Å². The summed E-state index contributed by atoms with van der Waals surface area (Å²) in [4.78, 5) is 3.85. The molecule has 8 heteroatoms. The number of nitrogens with zero attached hydrogens (tertiary/aromatic N) is 1. The fourth-order valence-corrected chi connectivity index (χ4v) is 3.11. The first-order valence-corrected chi connectivity index (χ1v) is 7.64. The van der Waals surface area contributed by atoms with Crippen molar-refractivity contribution in [3.63, 3.8) is 0 Å². The molecule has 19 heavy (non-hydrogen) atoms. The van der Waals surface area contributed by atoms with Crippen LogP contribution in [-0.2, 0) is 14.8 Å². The van der Waals surface area contributed by atoms with Gasteiger partial charge in [-0.3, -0.25) is 5.84 Å². The Hall–Kier alpha value is -1.22. The van der Waals surface area contributed by atoms with E-state index in [1.54, 1.807) is 12.1 Å². The lowest BCUT2D eigenvalue weighted by Gasteiger charge is -2.22. The molecule has 1 atom stereocenters. The quantitative estimate of drug-likeness (QED) is 0.528. The van der Waals surface area contributed by atoms with E-state index in [9.17, 15) is 8.42 Å². The molecule has 0 aliphatic carbocycles. The second-order valence-electron chi connectivity index (χ2n) is 4.34. The van der Waals surface area contributed by atoms with Gasteiger partial charge in [0.15, 0.2) is 5.03 Å². The maximum Gasteiger partial charge on any atom is 0.260 e. The molecule has 4 N–H and O–H groups in total. The van der Waals surface area contributed by atoms with Gasteiger partial charge in [-0.15, -0.1) is 0 Å². The third-order valence-corrected chi connectivity index (χ3v) is 4.34. The number of pyridine rings is 1. The van der Waals surface area contributed by atoms with Crippen molar-refractivity contribution in [1.82, 2.24) is 9.71 Å². The van der Waals surface area contributed by atoms with Crippen molar-refractivity contribution < 1.29 is 13.2 Å². The molecule has 1 fully saturated rings. The average Bonchev–Trinajstić information content (AvgIpc) is 2.46. The molecular formula is C11H18N4O3S. The van der Waals surface area contributed by atoms with Crippen LogP contribution in [0.5, 0.6) is 0 Å². The number of ether oxygens (including phenoxy) is 1. The van der Waals surface area contributed by atoms with Gasteiger partial charge in [0.25, 0.3) is 10.0 Å². The molecule has 0 spiro atoms. The maximum absolute atomic E-state index is 12.1. The molecule has 1 saturated heterocycles. The van der Waals surface area contributed by atoms with Crippen molar-refractivity contribution in [3.05, 3.63) is 18.3 Å². The summed E-state index contributed by atoms with van der Waals surface area (Å²) in [5.41, 5.74) is 2.59. The van der Waals surface area contributed by atoms with Gasteiger partial charge >= 0.3 is 0 Å². The maximum atomic E-state index is 12.1. The number of rotatable bonds is 5. The van der Waals surface area contributed by atoms with Crippen LogP contribution in [0.15, 0.2) is 23.4 Å². The molecule has 7 nitrogen and oxygen atoms in total. The zero-order valence-corrected chi connectivity index (χ0v) is 11.3. The first-order chi connectivity index (χ1) is 9.13. The topological polar surface area (TPSA) is 106 Å². The van der Waals surface area contributed by atoms with E-state index in [-0.39, 0.29) is 23.4 Å². The van der Waals surface area contributed by atoms with Crippen LogP contribution in [0.2, 0.25) is 0 Å². The highest BCUT2D eigenvalue weighted by Crippen LogP contribution is 2.17. The lowest BCUT2D eigenvalue weighted by atomic mass is 10.1. The molecule has 0 amide bonds. The molecule has 2 rings (SSSR count). The average molecular weight is 286 g/mol. The van der Waals surface area contributed by atoms with Gasteiger partial charge in [0.2, 0.25) is 0 Å². The summed E-state index contributed by atoms with van der Waals surface area (Å²) >= 11 is 0. The third-order valence-electron chi connectivity index (χ3n) is 2.96. The minimum Gasteiger partial charge on any atom is -0.377 e. The van der Waals surface area contributed by atoms with E-state index < -0.39 is 10.0 Å². The predicted molar refractivity (Wildman–Crippen MR) is 70.8 cm³/mol. The summed E-state index contributed by atoms with van der Waals surface area (Å²) in [7, 11) is -3.69. The number of sulfonamides is 1. The van der Waals surface area contributed by atoms with Crippen LogP contribution in [0.4, 0.5) is 5.69 Å². The number of aromatic nitrogens is 1. The molecule has 0 bridgehead atoms. The zero-order chi connectivity index (χ0) is 13.7. The first-order valence-electron chi connectivity index (χ1n) is 6.16. The Bertz CT molecular complexity index is 514. The van der Waals surface area contributed by atoms with Crippen molar-refractivity contribution in [1.29, 1.82) is 0 Å². The molecule has 2 heterocycles. The van der Waals surface area contributed by atoms with Crippen molar-refractivity contribution in [2.45, 2.75) is 30.4 Å². The number of hydrogen-bond donors (Lipinski definition) is 3. The number of nitrogens with two attached hydrogens (primary N) is 1. The summed E-state index contributed by atoms with van der Waals surface area (Å²) in [5.74, 6) is 5.28. The fourth-order valence-electron chi connectivity index (χ4n) is 1.95. The minimum absolute atomic E-state index is 0.0680. The van der Waals surface area contributed by atoms with E-state index in [4.69, 9.17) is 10.6 Å². The molecule has 1 aliphatic rings. The lowest BCUT2D eigenvalue weighted by molar-refractivity contribution is 0.0200. The first kappa shape index (κ1) is 14.2. The Morgan fingerprint density at radius 3 is 3.00 bits per heavy atom. The Morgan fingerprint density at radius 1 is 1.47 bits per heavy atom. The zero-order valence-electron chi connectivity index (χ0n) is 10.5. The van der Waals surface area contributed by atoms with E-state index in [1.807, 2.05) is 0 Å². The van der Waals surface area contributed by atoms with Crippen molar-refractivity contribution >= 4 is 15.7 Å². The molecule has 0 aromatic carbocycles. The number of nitrogen functional groups attached to an aromatic ring is 1. The Kier molecular flexibility index (Phi) is 4.70. The SMILES string of the molecule is NNc1cccnc1S(=O)(=O)NCC1CCCCO1. The smallest absolute Gasteiger partial charge is 0.260 e. The summed E-state index contributed by atoms with van der Waals surface area (Å²) in [5, 5.41) is -0.103. The Labute approximate surface area is 112 Å². The standard InChI is InChI=1S/C11H18N4O3S/c12-15-10-5-3-6-13-11(10)19(16,17)14-8-9-4-1-2-7-18-9/h3,5-6,9,14-15H,1-2,4,7-8,12H2. The van der Waals surface area contributed by atoms with Gasteiger partial charge in [-0.2, -0.15) is 0 Å². The van der Waals surface area contributed by atoms with Gasteiger partial charge in [0, 0.05) is 19.3 Å². The number of anilines is 1. The van der Waals surface area contributed by atoms with Crippen LogP contribution in [0.1, 0.15) is 19.3 Å². The summed E-state index contributed by atoms with van der Waals surface area (Å²) < 4.78 is 32.2. The molecule has 0 radical (unpaired) electrons. The number of hydrogen-bond acceptors (Lipinski definition) is 6. The van der Waals surface area contributed by atoms with Gasteiger partial charge < -0.3 is 10.2 Å². The van der Waals surface area contributed by atoms with Crippen molar-refractivity contribution in [2.24, 2.45) is 5.84 Å². The second-order valence-corrected chi connectivity index (χ2v) is 6.02. The van der Waals surface area contributed by atoms with Crippen LogP contribution in [0.25, 0.3) is 0 Å². The van der Waals surface area contributed by atoms with Gasteiger partial charge in [0.1, 0.15) is 0 Å². The highest BCUT2D eigenvalue weighted by Gasteiger charge is 2.22. The monoisotopic (exact) mass is 286 g/mol. The summed E-state index contributed by atoms with van der Waals surface area (Å²) in [6, 6.07) is 3.16. The largest absolute Gasteiger partial charge is 0.377 e. The van der Waals surface area contributed by atoms with Crippen LogP contribution < -0.4 is 16.0 Å². The molecule has 1 unspecified atom stereocenters. The van der Waals surface area contributed by atoms with E-state index in [1.165, 1.54) is 6.20 Å². The summed E-state index contributed by atoms with van der Waals surface area (Å²) in [6.07, 6.45) is 4.30. The Morgan fingerprint density at radius 2 is 2.32 bits per heavy atom. The van der Waals surface area contributed by atoms with Crippen LogP contribution in [0, 0.1) is 0 Å². The second kappa shape index (κ2) is 6.29.